The molecule has 0 saturated heterocycles. The molecule has 0 aromatic heterocycles. The molecule has 0 heterocycles. The first kappa shape index (κ1) is 13.0. The van der Waals surface area contributed by atoms with Crippen LogP contribution in [0.4, 0.5) is 4.39 Å². The molecule has 1 aliphatic carbocycles. The van der Waals surface area contributed by atoms with Gasteiger partial charge in [0.2, 0.25) is 0 Å². The van der Waals surface area contributed by atoms with Gasteiger partial charge in [-0.05, 0) is 30.5 Å². The van der Waals surface area contributed by atoms with Gasteiger partial charge in [0.25, 0.3) is 0 Å². The van der Waals surface area contributed by atoms with E-state index in [1.165, 1.54) is 18.9 Å². The summed E-state index contributed by atoms with van der Waals surface area (Å²) >= 11 is 0. The number of hydrogen-bond donors (Lipinski definition) is 1. The molecule has 1 saturated carbocycles. The Bertz CT molecular complexity index is 425. The van der Waals surface area contributed by atoms with Crippen LogP contribution in [0.15, 0.2) is 24.3 Å². The summed E-state index contributed by atoms with van der Waals surface area (Å²) in [4.78, 5) is 0. The second-order valence-corrected chi connectivity index (χ2v) is 4.99. The Morgan fingerprint density at radius 2 is 2.11 bits per heavy atom. The van der Waals surface area contributed by atoms with Gasteiger partial charge in [-0.2, -0.15) is 5.26 Å². The van der Waals surface area contributed by atoms with E-state index in [9.17, 15) is 9.65 Å². The summed E-state index contributed by atoms with van der Waals surface area (Å²) < 4.78 is 13.1. The number of nitrogens with zero attached hydrogens (tertiary/aromatic N) is 1. The molecule has 1 fully saturated rings. The number of halogens is 1. The molecular formula is C15H19FN2. The number of nitrogens with one attached hydrogen (secondary N) is 1. The molecule has 0 amide bonds. The Balaban J connectivity index is 1.93. The monoisotopic (exact) mass is 246 g/mol. The second-order valence-electron chi connectivity index (χ2n) is 4.99. The van der Waals surface area contributed by atoms with Crippen molar-refractivity contribution >= 4 is 0 Å². The third-order valence-corrected chi connectivity index (χ3v) is 3.64. The lowest BCUT2D eigenvalue weighted by atomic mass is 9.96. The van der Waals surface area contributed by atoms with E-state index >= 15 is 0 Å². The Hall–Kier alpha value is -1.40. The van der Waals surface area contributed by atoms with Gasteiger partial charge < -0.3 is 5.32 Å². The van der Waals surface area contributed by atoms with Crippen molar-refractivity contribution in [3.63, 3.8) is 0 Å². The maximum atomic E-state index is 13.1. The summed E-state index contributed by atoms with van der Waals surface area (Å²) in [5, 5.41) is 12.6. The maximum Gasteiger partial charge on any atom is 0.123 e. The highest BCUT2D eigenvalue weighted by Crippen LogP contribution is 2.23. The molecule has 1 aliphatic rings. The first-order valence-electron chi connectivity index (χ1n) is 6.67. The van der Waals surface area contributed by atoms with E-state index in [0.29, 0.717) is 6.54 Å². The Labute approximate surface area is 108 Å². The van der Waals surface area contributed by atoms with Crippen LogP contribution in [-0.4, -0.2) is 6.04 Å². The zero-order valence-corrected chi connectivity index (χ0v) is 10.5. The van der Waals surface area contributed by atoms with Gasteiger partial charge >= 0.3 is 0 Å². The molecule has 2 rings (SSSR count). The van der Waals surface area contributed by atoms with Crippen LogP contribution in [-0.2, 0) is 6.54 Å². The van der Waals surface area contributed by atoms with E-state index in [1.54, 1.807) is 12.1 Å². The smallest absolute Gasteiger partial charge is 0.123 e. The van der Waals surface area contributed by atoms with Crippen molar-refractivity contribution in [2.45, 2.75) is 44.7 Å². The summed E-state index contributed by atoms with van der Waals surface area (Å²) in [6.07, 6.45) is 5.58. The second kappa shape index (κ2) is 6.51. The van der Waals surface area contributed by atoms with E-state index in [0.717, 1.165) is 24.8 Å². The third-order valence-electron chi connectivity index (χ3n) is 3.64. The molecule has 2 nitrogen and oxygen atoms in total. The summed E-state index contributed by atoms with van der Waals surface area (Å²) in [6.45, 7) is 0.639. The molecule has 0 bridgehead atoms. The molecule has 0 aliphatic heterocycles. The molecule has 0 radical (unpaired) electrons. The molecule has 2 unspecified atom stereocenters. The number of benzene rings is 1. The van der Waals surface area contributed by atoms with E-state index in [1.807, 2.05) is 6.07 Å². The van der Waals surface area contributed by atoms with Gasteiger partial charge in [0.05, 0.1) is 12.0 Å². The van der Waals surface area contributed by atoms with E-state index in [2.05, 4.69) is 11.4 Å². The van der Waals surface area contributed by atoms with Crippen molar-refractivity contribution in [1.29, 1.82) is 5.26 Å². The molecular weight excluding hydrogens is 227 g/mol. The highest BCUT2D eigenvalue weighted by atomic mass is 19.1. The number of nitriles is 1. The average molecular weight is 246 g/mol. The van der Waals surface area contributed by atoms with Gasteiger partial charge in [-0.1, -0.05) is 31.4 Å². The van der Waals surface area contributed by atoms with Gasteiger partial charge in [-0.3, -0.25) is 0 Å². The summed E-state index contributed by atoms with van der Waals surface area (Å²) in [7, 11) is 0. The predicted octanol–water partition coefficient (Wildman–Crippen LogP) is 3.39. The van der Waals surface area contributed by atoms with Gasteiger partial charge in [-0.15, -0.1) is 0 Å². The molecule has 1 N–H and O–H groups in total. The highest BCUT2D eigenvalue weighted by molar-refractivity contribution is 5.16. The molecule has 18 heavy (non-hydrogen) atoms. The largest absolute Gasteiger partial charge is 0.309 e. The predicted molar refractivity (Wildman–Crippen MR) is 69.2 cm³/mol. The summed E-state index contributed by atoms with van der Waals surface area (Å²) in [5.41, 5.74) is 0.941. The van der Waals surface area contributed by atoms with E-state index in [4.69, 9.17) is 0 Å². The first-order valence-corrected chi connectivity index (χ1v) is 6.67. The molecule has 2 atom stereocenters. The zero-order valence-electron chi connectivity index (χ0n) is 10.5. The van der Waals surface area contributed by atoms with Crippen LogP contribution in [0.3, 0.4) is 0 Å². The van der Waals surface area contributed by atoms with E-state index < -0.39 is 0 Å². The fourth-order valence-electron chi connectivity index (χ4n) is 2.60. The van der Waals surface area contributed by atoms with Crippen molar-refractivity contribution in [3.8, 4) is 6.07 Å². The first-order chi connectivity index (χ1) is 8.79. The van der Waals surface area contributed by atoms with Crippen LogP contribution in [0.25, 0.3) is 0 Å². The minimum Gasteiger partial charge on any atom is -0.309 e. The SMILES string of the molecule is N#CC1CCCCCC1NCc1cccc(F)c1. The van der Waals surface area contributed by atoms with Crippen LogP contribution >= 0.6 is 0 Å². The maximum absolute atomic E-state index is 13.1. The third kappa shape index (κ3) is 3.54. The minimum absolute atomic E-state index is 0.0982. The quantitative estimate of drug-likeness (QED) is 0.830. The Morgan fingerprint density at radius 3 is 2.89 bits per heavy atom. The molecule has 0 spiro atoms. The fourth-order valence-corrected chi connectivity index (χ4v) is 2.60. The van der Waals surface area contributed by atoms with Crippen molar-refractivity contribution in [3.05, 3.63) is 35.6 Å². The van der Waals surface area contributed by atoms with Gasteiger partial charge in [-0.25, -0.2) is 4.39 Å². The van der Waals surface area contributed by atoms with Crippen LogP contribution in [0.5, 0.6) is 0 Å². The van der Waals surface area contributed by atoms with Gasteiger partial charge in [0, 0.05) is 12.6 Å². The van der Waals surface area contributed by atoms with E-state index in [-0.39, 0.29) is 17.8 Å². The molecule has 1 aromatic rings. The summed E-state index contributed by atoms with van der Waals surface area (Å²) in [5.74, 6) is -0.104. The van der Waals surface area contributed by atoms with Crippen molar-refractivity contribution in [1.82, 2.24) is 5.32 Å². The van der Waals surface area contributed by atoms with Crippen molar-refractivity contribution in [2.75, 3.05) is 0 Å². The lowest BCUT2D eigenvalue weighted by Gasteiger charge is -2.20. The van der Waals surface area contributed by atoms with Crippen molar-refractivity contribution in [2.24, 2.45) is 5.92 Å². The molecule has 3 heteroatoms. The van der Waals surface area contributed by atoms with Crippen LogP contribution in [0, 0.1) is 23.1 Å². The zero-order chi connectivity index (χ0) is 12.8. The standard InChI is InChI=1S/C15H19FN2/c16-14-7-4-5-12(9-14)11-18-15-8-3-1-2-6-13(15)10-17/h4-5,7,9,13,15,18H,1-3,6,8,11H2. The summed E-state index contributed by atoms with van der Waals surface area (Å²) in [6, 6.07) is 9.29. The van der Waals surface area contributed by atoms with Gasteiger partial charge in [0.1, 0.15) is 5.82 Å². The van der Waals surface area contributed by atoms with Crippen LogP contribution in [0.2, 0.25) is 0 Å². The average Bonchev–Trinajstić information content (AvgIpc) is 2.61. The lowest BCUT2D eigenvalue weighted by molar-refractivity contribution is 0.393. The molecule has 1 aromatic carbocycles. The minimum atomic E-state index is -0.202. The lowest BCUT2D eigenvalue weighted by Crippen LogP contribution is -2.34. The van der Waals surface area contributed by atoms with Gasteiger partial charge in [0.15, 0.2) is 0 Å². The topological polar surface area (TPSA) is 35.8 Å². The van der Waals surface area contributed by atoms with Crippen molar-refractivity contribution < 1.29 is 4.39 Å². The Kier molecular flexibility index (Phi) is 4.72. The molecule has 96 valence electrons. The van der Waals surface area contributed by atoms with Crippen LogP contribution < -0.4 is 5.32 Å². The number of hydrogen-bond acceptors (Lipinski definition) is 2. The normalized spacial score (nSPS) is 24.2. The van der Waals surface area contributed by atoms with Crippen LogP contribution in [0.1, 0.15) is 37.7 Å². The number of rotatable bonds is 3. The Morgan fingerprint density at radius 1 is 1.28 bits per heavy atom. The fraction of sp³-hybridized carbons (Fsp3) is 0.533. The highest BCUT2D eigenvalue weighted by Gasteiger charge is 2.22.